The largest absolute Gasteiger partial charge is 0.368 e. The molecule has 2 N–H and O–H groups in total. The molecule has 6 heteroatoms. The second-order valence-corrected chi connectivity index (χ2v) is 6.75. The number of anilines is 1. The number of carbonyl (C=O) groups excluding carboxylic acids is 2. The summed E-state index contributed by atoms with van der Waals surface area (Å²) in [7, 11) is 1.61. The van der Waals surface area contributed by atoms with Crippen LogP contribution in [0.4, 0.5) is 10.5 Å². The van der Waals surface area contributed by atoms with Crippen molar-refractivity contribution in [3.05, 3.63) is 65.2 Å². The van der Waals surface area contributed by atoms with Gasteiger partial charge in [-0.2, -0.15) is 0 Å². The average Bonchev–Trinajstić information content (AvgIpc) is 2.72. The SMILES string of the molecule is CNC(=O)c1ccc(CNC(=O)N2CCN(c3cccc(C)c3)CC2)cc1. The van der Waals surface area contributed by atoms with Gasteiger partial charge in [0.25, 0.3) is 5.91 Å². The van der Waals surface area contributed by atoms with Crippen LogP contribution in [-0.2, 0) is 6.54 Å². The van der Waals surface area contributed by atoms with E-state index in [0.29, 0.717) is 25.2 Å². The second kappa shape index (κ2) is 8.58. The molecule has 2 aromatic carbocycles. The molecule has 0 spiro atoms. The van der Waals surface area contributed by atoms with E-state index >= 15 is 0 Å². The molecule has 0 unspecified atom stereocenters. The van der Waals surface area contributed by atoms with Crippen LogP contribution in [0.2, 0.25) is 0 Å². The molecule has 3 rings (SSSR count). The molecule has 0 aliphatic carbocycles. The quantitative estimate of drug-likeness (QED) is 0.873. The minimum absolute atomic E-state index is 0.0470. The number of hydrogen-bond acceptors (Lipinski definition) is 3. The standard InChI is InChI=1S/C21H26N4O2/c1-16-4-3-5-19(14-16)24-10-12-25(13-11-24)21(27)23-15-17-6-8-18(9-7-17)20(26)22-2/h3-9,14H,10-13,15H2,1-2H3,(H,22,26)(H,23,27). The zero-order valence-electron chi connectivity index (χ0n) is 15.9. The van der Waals surface area contributed by atoms with E-state index in [1.54, 1.807) is 19.2 Å². The Morgan fingerprint density at radius 1 is 1.00 bits per heavy atom. The summed E-state index contributed by atoms with van der Waals surface area (Å²) in [6, 6.07) is 15.7. The molecule has 2 aromatic rings. The number of nitrogens with zero attached hydrogens (tertiary/aromatic N) is 2. The molecule has 0 saturated carbocycles. The molecular formula is C21H26N4O2. The number of hydrogen-bond donors (Lipinski definition) is 2. The first-order valence-corrected chi connectivity index (χ1v) is 9.22. The zero-order chi connectivity index (χ0) is 19.2. The maximum absolute atomic E-state index is 12.4. The highest BCUT2D eigenvalue weighted by Crippen LogP contribution is 2.17. The molecule has 142 valence electrons. The van der Waals surface area contributed by atoms with Crippen molar-refractivity contribution in [2.24, 2.45) is 0 Å². The van der Waals surface area contributed by atoms with Crippen LogP contribution in [0.3, 0.4) is 0 Å². The van der Waals surface area contributed by atoms with Crippen LogP contribution in [0.1, 0.15) is 21.5 Å². The molecule has 0 radical (unpaired) electrons. The van der Waals surface area contributed by atoms with Gasteiger partial charge in [0.05, 0.1) is 0 Å². The maximum Gasteiger partial charge on any atom is 0.317 e. The summed E-state index contributed by atoms with van der Waals surface area (Å²) in [5, 5.41) is 5.56. The normalized spacial score (nSPS) is 14.0. The van der Waals surface area contributed by atoms with Gasteiger partial charge in [0.2, 0.25) is 0 Å². The van der Waals surface area contributed by atoms with Crippen molar-refractivity contribution in [1.29, 1.82) is 0 Å². The van der Waals surface area contributed by atoms with Gasteiger partial charge in [-0.15, -0.1) is 0 Å². The molecule has 3 amide bonds. The number of aryl methyl sites for hydroxylation is 1. The zero-order valence-corrected chi connectivity index (χ0v) is 15.9. The third kappa shape index (κ3) is 4.78. The van der Waals surface area contributed by atoms with Gasteiger partial charge in [0.1, 0.15) is 0 Å². The van der Waals surface area contributed by atoms with E-state index in [1.807, 2.05) is 17.0 Å². The average molecular weight is 366 g/mol. The van der Waals surface area contributed by atoms with E-state index in [0.717, 1.165) is 18.7 Å². The number of rotatable bonds is 4. The molecule has 1 heterocycles. The van der Waals surface area contributed by atoms with E-state index < -0.39 is 0 Å². The fourth-order valence-corrected chi connectivity index (χ4v) is 3.20. The summed E-state index contributed by atoms with van der Waals surface area (Å²) >= 11 is 0. The molecular weight excluding hydrogens is 340 g/mol. The number of nitrogens with one attached hydrogen (secondary N) is 2. The Hall–Kier alpha value is -3.02. The van der Waals surface area contributed by atoms with Crippen molar-refractivity contribution >= 4 is 17.6 Å². The minimum atomic E-state index is -0.114. The van der Waals surface area contributed by atoms with Crippen LogP contribution in [0.25, 0.3) is 0 Å². The minimum Gasteiger partial charge on any atom is -0.368 e. The van der Waals surface area contributed by atoms with Gasteiger partial charge in [-0.25, -0.2) is 4.79 Å². The van der Waals surface area contributed by atoms with Crippen molar-refractivity contribution in [2.75, 3.05) is 38.1 Å². The molecule has 1 fully saturated rings. The Morgan fingerprint density at radius 3 is 2.33 bits per heavy atom. The fourth-order valence-electron chi connectivity index (χ4n) is 3.20. The number of amides is 3. The molecule has 0 aromatic heterocycles. The lowest BCUT2D eigenvalue weighted by Gasteiger charge is -2.36. The van der Waals surface area contributed by atoms with Gasteiger partial charge in [-0.3, -0.25) is 4.79 Å². The van der Waals surface area contributed by atoms with Crippen LogP contribution in [0.5, 0.6) is 0 Å². The Bertz CT molecular complexity index is 796. The lowest BCUT2D eigenvalue weighted by Crippen LogP contribution is -2.51. The number of benzene rings is 2. The highest BCUT2D eigenvalue weighted by Gasteiger charge is 2.21. The summed E-state index contributed by atoms with van der Waals surface area (Å²) < 4.78 is 0. The second-order valence-electron chi connectivity index (χ2n) is 6.75. The first-order chi connectivity index (χ1) is 13.1. The van der Waals surface area contributed by atoms with E-state index in [2.05, 4.69) is 46.7 Å². The molecule has 1 aliphatic heterocycles. The first-order valence-electron chi connectivity index (χ1n) is 9.22. The van der Waals surface area contributed by atoms with Crippen LogP contribution >= 0.6 is 0 Å². The summed E-state index contributed by atoms with van der Waals surface area (Å²) in [4.78, 5) is 28.1. The number of piperazine rings is 1. The summed E-state index contributed by atoms with van der Waals surface area (Å²) in [5.74, 6) is -0.114. The summed E-state index contributed by atoms with van der Waals surface area (Å²) in [6.07, 6.45) is 0. The Balaban J connectivity index is 1.47. The van der Waals surface area contributed by atoms with Crippen molar-refractivity contribution in [3.63, 3.8) is 0 Å². The van der Waals surface area contributed by atoms with Gasteiger partial charge in [-0.1, -0.05) is 24.3 Å². The summed E-state index contributed by atoms with van der Waals surface area (Å²) in [6.45, 7) is 5.61. The molecule has 1 saturated heterocycles. The molecule has 1 aliphatic rings. The monoisotopic (exact) mass is 366 g/mol. The van der Waals surface area contributed by atoms with Gasteiger partial charge in [0, 0.05) is 51.0 Å². The highest BCUT2D eigenvalue weighted by molar-refractivity contribution is 5.93. The molecule has 0 atom stereocenters. The van der Waals surface area contributed by atoms with Crippen LogP contribution in [-0.4, -0.2) is 50.1 Å². The number of carbonyl (C=O) groups is 2. The number of urea groups is 1. The van der Waals surface area contributed by atoms with Gasteiger partial charge in [0.15, 0.2) is 0 Å². The van der Waals surface area contributed by atoms with Gasteiger partial charge in [-0.05, 0) is 42.3 Å². The van der Waals surface area contributed by atoms with Crippen molar-refractivity contribution < 1.29 is 9.59 Å². The van der Waals surface area contributed by atoms with Crippen molar-refractivity contribution in [1.82, 2.24) is 15.5 Å². The predicted molar refractivity (Wildman–Crippen MR) is 107 cm³/mol. The highest BCUT2D eigenvalue weighted by atomic mass is 16.2. The maximum atomic E-state index is 12.4. The van der Waals surface area contributed by atoms with E-state index in [-0.39, 0.29) is 11.9 Å². The smallest absolute Gasteiger partial charge is 0.317 e. The molecule has 27 heavy (non-hydrogen) atoms. The lowest BCUT2D eigenvalue weighted by atomic mass is 10.1. The van der Waals surface area contributed by atoms with E-state index in [9.17, 15) is 9.59 Å². The Morgan fingerprint density at radius 2 is 1.70 bits per heavy atom. The first kappa shape index (κ1) is 18.8. The topological polar surface area (TPSA) is 64.7 Å². The summed E-state index contributed by atoms with van der Waals surface area (Å²) in [5.41, 5.74) is 4.04. The Labute approximate surface area is 160 Å². The van der Waals surface area contributed by atoms with Crippen molar-refractivity contribution in [2.45, 2.75) is 13.5 Å². The van der Waals surface area contributed by atoms with Crippen LogP contribution in [0, 0.1) is 6.92 Å². The third-order valence-electron chi connectivity index (χ3n) is 4.82. The molecule has 0 bridgehead atoms. The molecule has 6 nitrogen and oxygen atoms in total. The predicted octanol–water partition coefficient (Wildman–Crippen LogP) is 2.39. The van der Waals surface area contributed by atoms with Gasteiger partial charge < -0.3 is 20.4 Å². The van der Waals surface area contributed by atoms with Crippen LogP contribution < -0.4 is 15.5 Å². The van der Waals surface area contributed by atoms with Crippen molar-refractivity contribution in [3.8, 4) is 0 Å². The lowest BCUT2D eigenvalue weighted by molar-refractivity contribution is 0.0963. The third-order valence-corrected chi connectivity index (χ3v) is 4.82. The van der Waals surface area contributed by atoms with E-state index in [1.165, 1.54) is 11.3 Å². The fraction of sp³-hybridized carbons (Fsp3) is 0.333. The van der Waals surface area contributed by atoms with Gasteiger partial charge >= 0.3 is 6.03 Å². The van der Waals surface area contributed by atoms with Crippen LogP contribution in [0.15, 0.2) is 48.5 Å². The van der Waals surface area contributed by atoms with E-state index in [4.69, 9.17) is 0 Å². The Kier molecular flexibility index (Phi) is 5.96.